The van der Waals surface area contributed by atoms with Crippen LogP contribution in [-0.2, 0) is 4.79 Å². The highest BCUT2D eigenvalue weighted by Crippen LogP contribution is 2.19. The molecular formula is C15H21NO. The molecule has 1 amide bonds. The van der Waals surface area contributed by atoms with Gasteiger partial charge in [-0.2, -0.15) is 0 Å². The molecule has 1 unspecified atom stereocenters. The molecular weight excluding hydrogens is 210 g/mol. The highest BCUT2D eigenvalue weighted by Gasteiger charge is 2.15. The molecule has 92 valence electrons. The minimum absolute atomic E-state index is 0.0392. The number of carbonyl (C=O) groups is 1. The van der Waals surface area contributed by atoms with Crippen molar-refractivity contribution in [3.8, 4) is 0 Å². The number of allylic oxidation sites excluding steroid dienone is 8. The number of primary amides is 1. The maximum atomic E-state index is 11.4. The number of unbranched alkanes of at least 4 members (excludes halogenated alkanes) is 1. The van der Waals surface area contributed by atoms with Crippen LogP contribution in [0.25, 0.3) is 0 Å². The van der Waals surface area contributed by atoms with Crippen LogP contribution < -0.4 is 5.73 Å². The Kier molecular flexibility index (Phi) is 6.08. The predicted molar refractivity (Wildman–Crippen MR) is 72.3 cm³/mol. The molecule has 0 fully saturated rings. The van der Waals surface area contributed by atoms with Crippen LogP contribution in [0, 0.1) is 5.92 Å². The summed E-state index contributed by atoms with van der Waals surface area (Å²) >= 11 is 0. The summed E-state index contributed by atoms with van der Waals surface area (Å²) in [6.45, 7) is 2.13. The lowest BCUT2D eigenvalue weighted by molar-refractivity contribution is -0.122. The first kappa shape index (κ1) is 13.5. The molecule has 2 N–H and O–H groups in total. The molecule has 0 spiro atoms. The van der Waals surface area contributed by atoms with Crippen LogP contribution in [0.3, 0.4) is 0 Å². The molecule has 1 aliphatic carbocycles. The first-order chi connectivity index (χ1) is 8.24. The summed E-state index contributed by atoms with van der Waals surface area (Å²) in [7, 11) is 0. The minimum atomic E-state index is -0.186. The lowest BCUT2D eigenvalue weighted by Crippen LogP contribution is -2.23. The summed E-state index contributed by atoms with van der Waals surface area (Å²) in [5.41, 5.74) is 6.60. The molecule has 2 heteroatoms. The van der Waals surface area contributed by atoms with E-state index in [1.807, 2.05) is 42.5 Å². The van der Waals surface area contributed by atoms with Gasteiger partial charge in [-0.05, 0) is 18.4 Å². The monoisotopic (exact) mass is 231 g/mol. The largest absolute Gasteiger partial charge is 0.369 e. The van der Waals surface area contributed by atoms with Crippen LogP contribution >= 0.6 is 0 Å². The summed E-state index contributed by atoms with van der Waals surface area (Å²) in [5.74, 6) is -0.225. The van der Waals surface area contributed by atoms with Gasteiger partial charge >= 0.3 is 0 Å². The first-order valence-electron chi connectivity index (χ1n) is 6.24. The lowest BCUT2D eigenvalue weighted by Gasteiger charge is -2.13. The lowest BCUT2D eigenvalue weighted by atomic mass is 9.92. The maximum Gasteiger partial charge on any atom is 0.220 e. The molecule has 0 radical (unpaired) electrons. The van der Waals surface area contributed by atoms with E-state index in [-0.39, 0.29) is 11.8 Å². The van der Waals surface area contributed by atoms with Crippen molar-refractivity contribution in [2.45, 2.75) is 32.6 Å². The number of hydrogen-bond donors (Lipinski definition) is 1. The topological polar surface area (TPSA) is 43.1 Å². The van der Waals surface area contributed by atoms with E-state index in [9.17, 15) is 4.79 Å². The van der Waals surface area contributed by atoms with E-state index >= 15 is 0 Å². The zero-order valence-electron chi connectivity index (χ0n) is 10.4. The molecule has 1 atom stereocenters. The van der Waals surface area contributed by atoms with E-state index in [2.05, 4.69) is 6.92 Å². The van der Waals surface area contributed by atoms with Gasteiger partial charge in [-0.3, -0.25) is 4.79 Å². The summed E-state index contributed by atoms with van der Waals surface area (Å²) in [6, 6.07) is 0. The molecule has 2 nitrogen and oxygen atoms in total. The van der Waals surface area contributed by atoms with E-state index in [1.165, 1.54) is 0 Å². The van der Waals surface area contributed by atoms with Gasteiger partial charge in [-0.15, -0.1) is 0 Å². The van der Waals surface area contributed by atoms with Crippen LogP contribution in [0.4, 0.5) is 0 Å². The number of nitrogens with two attached hydrogens (primary N) is 1. The van der Waals surface area contributed by atoms with Gasteiger partial charge < -0.3 is 5.73 Å². The standard InChI is InChI=1S/C15H21NO/c1-2-3-11-14(15(16)17)12-13-9-7-5-4-6-8-10-13/h4-10,14H,2-3,11-12H2,1H3,(H2,16,17). The quantitative estimate of drug-likeness (QED) is 0.749. The number of carbonyl (C=O) groups excluding carboxylic acids is 1. The number of amides is 1. The van der Waals surface area contributed by atoms with Gasteiger partial charge in [0.25, 0.3) is 0 Å². The number of hydrogen-bond acceptors (Lipinski definition) is 1. The summed E-state index contributed by atoms with van der Waals surface area (Å²) < 4.78 is 0. The molecule has 0 aliphatic heterocycles. The third kappa shape index (κ3) is 5.34. The number of rotatable bonds is 6. The Labute approximate surface area is 104 Å². The van der Waals surface area contributed by atoms with Crippen LogP contribution in [0.2, 0.25) is 0 Å². The van der Waals surface area contributed by atoms with Crippen LogP contribution in [-0.4, -0.2) is 5.91 Å². The Morgan fingerprint density at radius 1 is 1.24 bits per heavy atom. The van der Waals surface area contributed by atoms with Crippen molar-refractivity contribution in [3.05, 3.63) is 48.1 Å². The molecule has 0 bridgehead atoms. The fourth-order valence-corrected chi connectivity index (χ4v) is 1.82. The van der Waals surface area contributed by atoms with Crippen molar-refractivity contribution >= 4 is 5.91 Å². The zero-order chi connectivity index (χ0) is 12.5. The van der Waals surface area contributed by atoms with Gasteiger partial charge in [0.1, 0.15) is 0 Å². The summed E-state index contributed by atoms with van der Waals surface area (Å²) in [5, 5.41) is 0. The van der Waals surface area contributed by atoms with E-state index in [4.69, 9.17) is 5.73 Å². The molecule has 0 aromatic rings. The van der Waals surface area contributed by atoms with Gasteiger partial charge in [0.15, 0.2) is 0 Å². The fraction of sp³-hybridized carbons (Fsp3) is 0.400. The normalized spacial score (nSPS) is 16.2. The second-order valence-electron chi connectivity index (χ2n) is 4.32. The minimum Gasteiger partial charge on any atom is -0.369 e. The SMILES string of the molecule is CCCCC(CC1=CC=CC=CC=C1)C(N)=O. The molecule has 1 aliphatic rings. The van der Waals surface area contributed by atoms with Crippen molar-refractivity contribution in [1.82, 2.24) is 0 Å². The Bertz CT molecular complexity index is 361. The highest BCUT2D eigenvalue weighted by molar-refractivity contribution is 5.77. The van der Waals surface area contributed by atoms with Crippen molar-refractivity contribution in [1.29, 1.82) is 0 Å². The van der Waals surface area contributed by atoms with E-state index in [0.717, 1.165) is 31.3 Å². The second-order valence-corrected chi connectivity index (χ2v) is 4.32. The smallest absolute Gasteiger partial charge is 0.220 e. The average Bonchev–Trinajstić information content (AvgIpc) is 2.26. The Balaban J connectivity index is 2.62. The molecule has 0 heterocycles. The van der Waals surface area contributed by atoms with Gasteiger partial charge in [-0.25, -0.2) is 0 Å². The Morgan fingerprint density at radius 3 is 2.65 bits per heavy atom. The van der Waals surface area contributed by atoms with Gasteiger partial charge in [-0.1, -0.05) is 62.3 Å². The Morgan fingerprint density at radius 2 is 1.94 bits per heavy atom. The Hall–Kier alpha value is -1.57. The zero-order valence-corrected chi connectivity index (χ0v) is 10.4. The van der Waals surface area contributed by atoms with Crippen LogP contribution in [0.1, 0.15) is 32.6 Å². The molecule has 0 aromatic carbocycles. The highest BCUT2D eigenvalue weighted by atomic mass is 16.1. The molecule has 0 saturated heterocycles. The fourth-order valence-electron chi connectivity index (χ4n) is 1.82. The van der Waals surface area contributed by atoms with Gasteiger partial charge in [0, 0.05) is 5.92 Å². The molecule has 17 heavy (non-hydrogen) atoms. The second kappa shape index (κ2) is 7.66. The van der Waals surface area contributed by atoms with Gasteiger partial charge in [0.05, 0.1) is 0 Å². The third-order valence-corrected chi connectivity index (χ3v) is 2.86. The molecule has 1 rings (SSSR count). The van der Waals surface area contributed by atoms with Crippen LogP contribution in [0.15, 0.2) is 48.1 Å². The van der Waals surface area contributed by atoms with Crippen LogP contribution in [0.5, 0.6) is 0 Å². The van der Waals surface area contributed by atoms with Gasteiger partial charge in [0.2, 0.25) is 5.91 Å². The van der Waals surface area contributed by atoms with E-state index in [1.54, 1.807) is 0 Å². The molecule has 0 saturated carbocycles. The summed E-state index contributed by atoms with van der Waals surface area (Å²) in [4.78, 5) is 11.4. The van der Waals surface area contributed by atoms with E-state index < -0.39 is 0 Å². The summed E-state index contributed by atoms with van der Waals surface area (Å²) in [6.07, 6.45) is 17.8. The van der Waals surface area contributed by atoms with Crippen molar-refractivity contribution in [3.63, 3.8) is 0 Å². The van der Waals surface area contributed by atoms with E-state index in [0.29, 0.717) is 0 Å². The predicted octanol–water partition coefficient (Wildman–Crippen LogP) is 3.28. The first-order valence-corrected chi connectivity index (χ1v) is 6.24. The maximum absolute atomic E-state index is 11.4. The van der Waals surface area contributed by atoms with Crippen molar-refractivity contribution in [2.24, 2.45) is 11.7 Å². The van der Waals surface area contributed by atoms with Crippen molar-refractivity contribution in [2.75, 3.05) is 0 Å². The molecule has 0 aromatic heterocycles. The van der Waals surface area contributed by atoms with Crippen molar-refractivity contribution < 1.29 is 4.79 Å². The average molecular weight is 231 g/mol. The third-order valence-electron chi connectivity index (χ3n) is 2.86.